The lowest BCUT2D eigenvalue weighted by Crippen LogP contribution is -1.99. The molecule has 2 N–H and O–H groups in total. The number of nitrogens with two attached hydrogens (primary N) is 1. The average Bonchev–Trinajstić information content (AvgIpc) is 2.85. The molecule has 0 aliphatic carbocycles. The Hall–Kier alpha value is -1.43. The quantitative estimate of drug-likeness (QED) is 0.870. The Balaban J connectivity index is 1.94. The molecule has 0 unspecified atom stereocenters. The van der Waals surface area contributed by atoms with Crippen LogP contribution in [-0.2, 0) is 24.5 Å². The number of rotatable bonds is 6. The fourth-order valence-electron chi connectivity index (χ4n) is 1.56. The van der Waals surface area contributed by atoms with E-state index in [9.17, 15) is 0 Å². The first kappa shape index (κ1) is 13.0. The van der Waals surface area contributed by atoms with E-state index in [1.165, 1.54) is 0 Å². The summed E-state index contributed by atoms with van der Waals surface area (Å²) in [5, 5.41) is 2.91. The third kappa shape index (κ3) is 3.53. The summed E-state index contributed by atoms with van der Waals surface area (Å²) in [4.78, 5) is 4.35. The van der Waals surface area contributed by atoms with Crippen LogP contribution < -0.4 is 10.5 Å². The van der Waals surface area contributed by atoms with Crippen molar-refractivity contribution in [1.29, 1.82) is 0 Å². The summed E-state index contributed by atoms with van der Waals surface area (Å²) in [6.07, 6.45) is 0. The van der Waals surface area contributed by atoms with Gasteiger partial charge in [0.05, 0.1) is 12.3 Å². The van der Waals surface area contributed by atoms with E-state index in [-0.39, 0.29) is 0 Å². The van der Waals surface area contributed by atoms with Gasteiger partial charge in [0.1, 0.15) is 17.4 Å². The number of nitrogens with zero attached hydrogens (tertiary/aromatic N) is 1. The SMILES string of the molecule is COCc1cccc(OCc2csc(CN)n2)c1. The third-order valence-electron chi connectivity index (χ3n) is 2.37. The molecular formula is C13H16N2O2S. The van der Waals surface area contributed by atoms with E-state index in [0.717, 1.165) is 22.0 Å². The van der Waals surface area contributed by atoms with E-state index in [2.05, 4.69) is 4.98 Å². The monoisotopic (exact) mass is 264 g/mol. The van der Waals surface area contributed by atoms with E-state index in [4.69, 9.17) is 15.2 Å². The summed E-state index contributed by atoms with van der Waals surface area (Å²) >= 11 is 1.56. The molecule has 5 heteroatoms. The van der Waals surface area contributed by atoms with Gasteiger partial charge in [-0.25, -0.2) is 4.98 Å². The summed E-state index contributed by atoms with van der Waals surface area (Å²) in [5.41, 5.74) is 7.52. The van der Waals surface area contributed by atoms with Crippen molar-refractivity contribution in [2.75, 3.05) is 7.11 Å². The van der Waals surface area contributed by atoms with Crippen molar-refractivity contribution in [1.82, 2.24) is 4.98 Å². The number of hydrogen-bond acceptors (Lipinski definition) is 5. The molecule has 0 saturated carbocycles. The molecule has 0 radical (unpaired) electrons. The van der Waals surface area contributed by atoms with Crippen LogP contribution in [0.15, 0.2) is 29.6 Å². The third-order valence-corrected chi connectivity index (χ3v) is 3.29. The molecule has 1 aromatic heterocycles. The molecule has 18 heavy (non-hydrogen) atoms. The van der Waals surface area contributed by atoms with Gasteiger partial charge < -0.3 is 15.2 Å². The highest BCUT2D eigenvalue weighted by molar-refractivity contribution is 7.09. The molecular weight excluding hydrogens is 248 g/mol. The lowest BCUT2D eigenvalue weighted by atomic mass is 10.2. The van der Waals surface area contributed by atoms with E-state index < -0.39 is 0 Å². The van der Waals surface area contributed by atoms with Crippen molar-refractivity contribution in [2.24, 2.45) is 5.73 Å². The zero-order valence-corrected chi connectivity index (χ0v) is 11.1. The maximum absolute atomic E-state index is 5.68. The van der Waals surface area contributed by atoms with Crippen molar-refractivity contribution < 1.29 is 9.47 Å². The number of ether oxygens (including phenoxy) is 2. The summed E-state index contributed by atoms with van der Waals surface area (Å²) in [5.74, 6) is 0.826. The van der Waals surface area contributed by atoms with Crippen molar-refractivity contribution in [3.63, 3.8) is 0 Å². The largest absolute Gasteiger partial charge is 0.487 e. The van der Waals surface area contributed by atoms with Crippen molar-refractivity contribution >= 4 is 11.3 Å². The minimum Gasteiger partial charge on any atom is -0.487 e. The van der Waals surface area contributed by atoms with Gasteiger partial charge in [0.2, 0.25) is 0 Å². The maximum Gasteiger partial charge on any atom is 0.131 e. The molecule has 0 aliphatic rings. The van der Waals surface area contributed by atoms with Gasteiger partial charge in [-0.2, -0.15) is 0 Å². The maximum atomic E-state index is 5.68. The van der Waals surface area contributed by atoms with Crippen LogP contribution in [0.1, 0.15) is 16.3 Å². The first-order chi connectivity index (χ1) is 8.81. The van der Waals surface area contributed by atoms with Crippen molar-refractivity contribution in [2.45, 2.75) is 19.8 Å². The van der Waals surface area contributed by atoms with Crippen LogP contribution in [-0.4, -0.2) is 12.1 Å². The number of aromatic nitrogens is 1. The zero-order chi connectivity index (χ0) is 12.8. The molecule has 1 aromatic carbocycles. The predicted octanol–water partition coefficient (Wildman–Crippen LogP) is 2.33. The van der Waals surface area contributed by atoms with E-state index in [0.29, 0.717) is 19.8 Å². The van der Waals surface area contributed by atoms with Gasteiger partial charge in [-0.15, -0.1) is 11.3 Å². The van der Waals surface area contributed by atoms with Crippen LogP contribution in [0.25, 0.3) is 0 Å². The number of methoxy groups -OCH3 is 1. The molecule has 0 fully saturated rings. The Kier molecular flexibility index (Phi) is 4.69. The van der Waals surface area contributed by atoms with Crippen LogP contribution in [0, 0.1) is 0 Å². The average molecular weight is 264 g/mol. The van der Waals surface area contributed by atoms with Gasteiger partial charge in [0.15, 0.2) is 0 Å². The standard InChI is InChI=1S/C13H16N2O2S/c1-16-7-10-3-2-4-12(5-10)17-8-11-9-18-13(6-14)15-11/h2-5,9H,6-8,14H2,1H3. The molecule has 2 aromatic rings. The number of benzene rings is 1. The minimum atomic E-state index is 0.465. The fourth-order valence-corrected chi connectivity index (χ4v) is 2.22. The summed E-state index contributed by atoms with van der Waals surface area (Å²) in [6.45, 7) is 1.53. The topological polar surface area (TPSA) is 57.4 Å². The first-order valence-corrected chi connectivity index (χ1v) is 6.54. The molecule has 0 spiro atoms. The van der Waals surface area contributed by atoms with Gasteiger partial charge in [0.25, 0.3) is 0 Å². The lowest BCUT2D eigenvalue weighted by molar-refractivity contribution is 0.184. The Morgan fingerprint density at radius 1 is 1.33 bits per heavy atom. The lowest BCUT2D eigenvalue weighted by Gasteiger charge is -2.06. The van der Waals surface area contributed by atoms with Crippen LogP contribution in [0.3, 0.4) is 0 Å². The van der Waals surface area contributed by atoms with Gasteiger partial charge >= 0.3 is 0 Å². The Morgan fingerprint density at radius 2 is 2.22 bits per heavy atom. The van der Waals surface area contributed by atoms with Crippen molar-refractivity contribution in [3.8, 4) is 5.75 Å². The summed E-state index contributed by atoms with van der Waals surface area (Å²) in [7, 11) is 1.68. The molecule has 0 bridgehead atoms. The zero-order valence-electron chi connectivity index (χ0n) is 10.3. The molecule has 2 rings (SSSR count). The summed E-state index contributed by atoms with van der Waals surface area (Å²) < 4.78 is 10.8. The van der Waals surface area contributed by atoms with Crippen LogP contribution in [0.4, 0.5) is 0 Å². The van der Waals surface area contributed by atoms with Gasteiger partial charge in [-0.3, -0.25) is 0 Å². The number of thiazole rings is 1. The highest BCUT2D eigenvalue weighted by atomic mass is 32.1. The second-order valence-electron chi connectivity index (χ2n) is 3.81. The molecule has 96 valence electrons. The smallest absolute Gasteiger partial charge is 0.131 e. The second-order valence-corrected chi connectivity index (χ2v) is 4.75. The van der Waals surface area contributed by atoms with Gasteiger partial charge in [-0.05, 0) is 17.7 Å². The highest BCUT2D eigenvalue weighted by Crippen LogP contribution is 2.16. The predicted molar refractivity (Wildman–Crippen MR) is 71.5 cm³/mol. The first-order valence-electron chi connectivity index (χ1n) is 5.66. The highest BCUT2D eigenvalue weighted by Gasteiger charge is 2.02. The molecule has 1 heterocycles. The van der Waals surface area contributed by atoms with E-state index in [1.807, 2.05) is 29.6 Å². The van der Waals surface area contributed by atoms with Crippen LogP contribution in [0.5, 0.6) is 5.75 Å². The Labute approximate surface area is 110 Å². The molecule has 4 nitrogen and oxygen atoms in total. The Bertz CT molecular complexity index is 499. The van der Waals surface area contributed by atoms with E-state index >= 15 is 0 Å². The van der Waals surface area contributed by atoms with Crippen molar-refractivity contribution in [3.05, 3.63) is 45.9 Å². The fraction of sp³-hybridized carbons (Fsp3) is 0.308. The van der Waals surface area contributed by atoms with Crippen LogP contribution in [0.2, 0.25) is 0 Å². The molecule has 0 saturated heterocycles. The normalized spacial score (nSPS) is 10.6. The summed E-state index contributed by atoms with van der Waals surface area (Å²) in [6, 6.07) is 7.86. The molecule has 0 amide bonds. The van der Waals surface area contributed by atoms with Gasteiger partial charge in [0, 0.05) is 19.0 Å². The van der Waals surface area contributed by atoms with E-state index in [1.54, 1.807) is 18.4 Å². The van der Waals surface area contributed by atoms with Crippen LogP contribution >= 0.6 is 11.3 Å². The molecule has 0 aliphatic heterocycles. The number of hydrogen-bond donors (Lipinski definition) is 1. The Morgan fingerprint density at radius 3 is 2.94 bits per heavy atom. The second kappa shape index (κ2) is 6.49. The molecule has 0 atom stereocenters. The minimum absolute atomic E-state index is 0.465. The van der Waals surface area contributed by atoms with Gasteiger partial charge in [-0.1, -0.05) is 12.1 Å².